The molecule has 0 amide bonds. The van der Waals surface area contributed by atoms with Gasteiger partial charge in [0.05, 0.1) is 16.6 Å². The van der Waals surface area contributed by atoms with Crippen LogP contribution in [0.2, 0.25) is 4.34 Å². The zero-order chi connectivity index (χ0) is 15.9. The van der Waals surface area contributed by atoms with Crippen molar-refractivity contribution in [3.05, 3.63) is 45.1 Å². The Hall–Kier alpha value is -1.05. The lowest BCUT2D eigenvalue weighted by Crippen LogP contribution is -2.46. The lowest BCUT2D eigenvalue weighted by atomic mass is 9.84. The Bertz CT molecular complexity index is 686. The van der Waals surface area contributed by atoms with E-state index in [-0.39, 0.29) is 5.60 Å². The van der Waals surface area contributed by atoms with E-state index in [1.165, 1.54) is 0 Å². The number of hydrogen-bond acceptors (Lipinski definition) is 6. The Balaban J connectivity index is 1.50. The molecule has 2 aliphatic heterocycles. The smallest absolute Gasteiger partial charge is 0.105 e. The number of aliphatic hydroxyl groups is 1. The number of fused-ring (bicyclic) bond motifs is 2. The van der Waals surface area contributed by atoms with Crippen molar-refractivity contribution in [2.75, 3.05) is 19.7 Å². The minimum Gasteiger partial charge on any atom is -0.386 e. The summed E-state index contributed by atoms with van der Waals surface area (Å²) < 4.78 is 6.83. The van der Waals surface area contributed by atoms with E-state index in [9.17, 15) is 5.11 Å². The van der Waals surface area contributed by atoms with Crippen molar-refractivity contribution in [1.82, 2.24) is 14.9 Å². The number of nitrogens with zero attached hydrogens (tertiary/aromatic N) is 3. The molecule has 1 saturated heterocycles. The molecule has 7 heteroatoms. The lowest BCUT2D eigenvalue weighted by Gasteiger charge is -2.44. The summed E-state index contributed by atoms with van der Waals surface area (Å²) in [5.74, 6) is 0. The van der Waals surface area contributed by atoms with Gasteiger partial charge in [-0.3, -0.25) is 14.9 Å². The van der Waals surface area contributed by atoms with E-state index in [2.05, 4.69) is 14.9 Å². The number of aromatic nitrogens is 2. The molecule has 1 unspecified atom stereocenters. The topological polar surface area (TPSA) is 58.5 Å². The van der Waals surface area contributed by atoms with Gasteiger partial charge < -0.3 is 9.84 Å². The number of hydrogen-bond donors (Lipinski definition) is 1. The van der Waals surface area contributed by atoms with Crippen LogP contribution in [0.15, 0.2) is 24.7 Å². The monoisotopic (exact) mass is 351 g/mol. The highest BCUT2D eigenvalue weighted by Crippen LogP contribution is 2.49. The second kappa shape index (κ2) is 6.11. The summed E-state index contributed by atoms with van der Waals surface area (Å²) in [4.78, 5) is 11.9. The van der Waals surface area contributed by atoms with Crippen LogP contribution in [0.1, 0.15) is 35.1 Å². The van der Waals surface area contributed by atoms with Crippen molar-refractivity contribution >= 4 is 22.9 Å². The first kappa shape index (κ1) is 15.5. The summed E-state index contributed by atoms with van der Waals surface area (Å²) in [6, 6.07) is 1.89. The van der Waals surface area contributed by atoms with Crippen LogP contribution in [0.5, 0.6) is 0 Å². The Morgan fingerprint density at radius 1 is 1.39 bits per heavy atom. The van der Waals surface area contributed by atoms with Crippen LogP contribution < -0.4 is 0 Å². The van der Waals surface area contributed by atoms with E-state index in [4.69, 9.17) is 16.3 Å². The minimum atomic E-state index is -0.558. The van der Waals surface area contributed by atoms with E-state index in [1.807, 2.05) is 12.3 Å². The number of ether oxygens (including phenoxy) is 1. The maximum Gasteiger partial charge on any atom is 0.105 e. The molecule has 1 fully saturated rings. The van der Waals surface area contributed by atoms with Crippen molar-refractivity contribution in [3.63, 3.8) is 0 Å². The highest BCUT2D eigenvalue weighted by Gasteiger charge is 2.44. The van der Waals surface area contributed by atoms with E-state index < -0.39 is 6.10 Å². The van der Waals surface area contributed by atoms with Gasteiger partial charge in [0.15, 0.2) is 0 Å². The Kier molecular flexibility index (Phi) is 4.11. The molecule has 1 atom stereocenters. The minimum absolute atomic E-state index is 0.286. The zero-order valence-electron chi connectivity index (χ0n) is 12.6. The molecule has 0 radical (unpaired) electrons. The molecule has 2 aromatic heterocycles. The number of thiophene rings is 1. The molecule has 2 aromatic rings. The van der Waals surface area contributed by atoms with Gasteiger partial charge in [-0.15, -0.1) is 11.3 Å². The Labute approximate surface area is 143 Å². The first-order chi connectivity index (χ1) is 11.2. The molecule has 23 heavy (non-hydrogen) atoms. The summed E-state index contributed by atoms with van der Waals surface area (Å²) in [6.07, 6.45) is 6.49. The normalized spacial score (nSPS) is 23.8. The molecule has 122 valence electrons. The molecule has 2 aliphatic rings. The van der Waals surface area contributed by atoms with E-state index >= 15 is 0 Å². The predicted octanol–water partition coefficient (Wildman–Crippen LogP) is 2.75. The summed E-state index contributed by atoms with van der Waals surface area (Å²) in [6.45, 7) is 3.03. The fourth-order valence-corrected chi connectivity index (χ4v) is 4.95. The predicted molar refractivity (Wildman–Crippen MR) is 88.5 cm³/mol. The van der Waals surface area contributed by atoms with Gasteiger partial charge in [-0.25, -0.2) is 0 Å². The summed E-state index contributed by atoms with van der Waals surface area (Å²) >= 11 is 7.72. The summed E-state index contributed by atoms with van der Waals surface area (Å²) in [5, 5.41) is 10.1. The zero-order valence-corrected chi connectivity index (χ0v) is 14.2. The number of likely N-dealkylation sites (tertiary alicyclic amines) is 1. The highest BCUT2D eigenvalue weighted by molar-refractivity contribution is 7.16. The first-order valence-electron chi connectivity index (χ1n) is 7.75. The van der Waals surface area contributed by atoms with Crippen LogP contribution in [0.25, 0.3) is 0 Å². The van der Waals surface area contributed by atoms with Crippen LogP contribution in [-0.2, 0) is 16.9 Å². The molecule has 0 bridgehead atoms. The van der Waals surface area contributed by atoms with E-state index in [1.54, 1.807) is 23.7 Å². The fourth-order valence-electron chi connectivity index (χ4n) is 3.46. The molecule has 1 N–H and O–H groups in total. The van der Waals surface area contributed by atoms with Crippen LogP contribution >= 0.6 is 22.9 Å². The van der Waals surface area contributed by atoms with E-state index in [0.29, 0.717) is 6.61 Å². The Morgan fingerprint density at radius 3 is 2.96 bits per heavy atom. The van der Waals surface area contributed by atoms with Crippen LogP contribution in [0.4, 0.5) is 0 Å². The van der Waals surface area contributed by atoms with Crippen molar-refractivity contribution in [2.45, 2.75) is 31.1 Å². The largest absolute Gasteiger partial charge is 0.386 e. The van der Waals surface area contributed by atoms with Gasteiger partial charge in [-0.2, -0.15) is 0 Å². The van der Waals surface area contributed by atoms with Gasteiger partial charge in [0.25, 0.3) is 0 Å². The third-order valence-corrected chi connectivity index (χ3v) is 6.15. The van der Waals surface area contributed by atoms with E-state index in [0.717, 1.165) is 52.9 Å². The Morgan fingerprint density at radius 2 is 2.22 bits per heavy atom. The molecule has 5 nitrogen and oxygen atoms in total. The molecular formula is C16H18ClN3O2S. The van der Waals surface area contributed by atoms with Gasteiger partial charge in [0.1, 0.15) is 11.7 Å². The average Bonchev–Trinajstić information content (AvgIpc) is 2.98. The standard InChI is InChI=1S/C16H18ClN3O2S/c17-14-7-12-13(21)10-22-16(15(12)23-14)1-5-20(6-2-16)9-11-8-18-3-4-19-11/h3-4,7-8,13,21H,1-2,5-6,9-10H2. The quantitative estimate of drug-likeness (QED) is 0.901. The first-order valence-corrected chi connectivity index (χ1v) is 8.95. The summed E-state index contributed by atoms with van der Waals surface area (Å²) in [7, 11) is 0. The van der Waals surface area contributed by atoms with Gasteiger partial charge >= 0.3 is 0 Å². The SMILES string of the molecule is OC1COC2(CCN(Cc3cnccn3)CC2)c2sc(Cl)cc21. The van der Waals surface area contributed by atoms with Crippen LogP contribution in [0.3, 0.4) is 0 Å². The average molecular weight is 352 g/mol. The molecule has 4 rings (SSSR count). The number of aliphatic hydroxyl groups excluding tert-OH is 1. The summed E-state index contributed by atoms with van der Waals surface area (Å²) in [5.41, 5.74) is 1.66. The third kappa shape index (κ3) is 2.90. The van der Waals surface area contributed by atoms with Crippen molar-refractivity contribution < 1.29 is 9.84 Å². The van der Waals surface area contributed by atoms with Crippen LogP contribution in [-0.4, -0.2) is 39.7 Å². The van der Waals surface area contributed by atoms with Crippen molar-refractivity contribution in [2.24, 2.45) is 0 Å². The molecule has 0 saturated carbocycles. The second-order valence-electron chi connectivity index (χ2n) is 6.13. The fraction of sp³-hybridized carbons (Fsp3) is 0.500. The van der Waals surface area contributed by atoms with Gasteiger partial charge in [-0.1, -0.05) is 11.6 Å². The van der Waals surface area contributed by atoms with Crippen molar-refractivity contribution in [3.8, 4) is 0 Å². The van der Waals surface area contributed by atoms with Gasteiger partial charge in [0, 0.05) is 48.7 Å². The van der Waals surface area contributed by atoms with Crippen LogP contribution in [0, 0.1) is 0 Å². The maximum absolute atomic E-state index is 10.1. The lowest BCUT2D eigenvalue weighted by molar-refractivity contribution is -0.129. The molecule has 1 spiro atoms. The molecule has 0 aliphatic carbocycles. The molecular weight excluding hydrogens is 334 g/mol. The van der Waals surface area contributed by atoms with Crippen molar-refractivity contribution in [1.29, 1.82) is 0 Å². The highest BCUT2D eigenvalue weighted by atomic mass is 35.5. The number of halogens is 1. The second-order valence-corrected chi connectivity index (χ2v) is 7.81. The van der Waals surface area contributed by atoms with Gasteiger partial charge in [0.2, 0.25) is 0 Å². The third-order valence-electron chi connectivity index (χ3n) is 4.69. The number of piperidine rings is 1. The molecule has 4 heterocycles. The molecule has 0 aromatic carbocycles. The number of rotatable bonds is 2. The maximum atomic E-state index is 10.1. The van der Waals surface area contributed by atoms with Gasteiger partial charge in [-0.05, 0) is 18.9 Å².